The Morgan fingerprint density at radius 2 is 1.84 bits per heavy atom. The van der Waals surface area contributed by atoms with Gasteiger partial charge in [0.1, 0.15) is 11.6 Å². The van der Waals surface area contributed by atoms with Crippen LogP contribution in [-0.2, 0) is 24.9 Å². The SMILES string of the molecule is COc1ccc(CN=C(NCc2nnc(C)n2C)NC2CCC(OC(C)C)CC2)cc1.I. The van der Waals surface area contributed by atoms with Crippen LogP contribution in [0.4, 0.5) is 0 Å². The van der Waals surface area contributed by atoms with Crippen LogP contribution in [0.15, 0.2) is 29.3 Å². The Hall–Kier alpha value is -1.88. The number of halogens is 1. The molecule has 1 aliphatic rings. The number of ether oxygens (including phenoxy) is 2. The lowest BCUT2D eigenvalue weighted by molar-refractivity contribution is -0.0152. The molecule has 2 aromatic rings. The van der Waals surface area contributed by atoms with Gasteiger partial charge in [-0.3, -0.25) is 0 Å². The Morgan fingerprint density at radius 1 is 1.16 bits per heavy atom. The van der Waals surface area contributed by atoms with Gasteiger partial charge in [-0.15, -0.1) is 34.2 Å². The van der Waals surface area contributed by atoms with Crippen molar-refractivity contribution in [3.05, 3.63) is 41.5 Å². The highest BCUT2D eigenvalue weighted by atomic mass is 127. The molecule has 0 saturated heterocycles. The van der Waals surface area contributed by atoms with Crippen LogP contribution in [0.2, 0.25) is 0 Å². The summed E-state index contributed by atoms with van der Waals surface area (Å²) in [5.41, 5.74) is 1.13. The average Bonchev–Trinajstić information content (AvgIpc) is 3.09. The highest BCUT2D eigenvalue weighted by Crippen LogP contribution is 2.22. The minimum Gasteiger partial charge on any atom is -0.497 e. The van der Waals surface area contributed by atoms with Crippen molar-refractivity contribution >= 4 is 29.9 Å². The molecule has 1 aliphatic carbocycles. The molecule has 1 aromatic heterocycles. The maximum absolute atomic E-state index is 5.99. The van der Waals surface area contributed by atoms with Crippen LogP contribution in [0, 0.1) is 6.92 Å². The van der Waals surface area contributed by atoms with E-state index in [0.29, 0.717) is 25.2 Å². The number of hydrogen-bond donors (Lipinski definition) is 2. The summed E-state index contributed by atoms with van der Waals surface area (Å²) in [7, 11) is 3.65. The van der Waals surface area contributed by atoms with Crippen LogP contribution in [0.3, 0.4) is 0 Å². The smallest absolute Gasteiger partial charge is 0.192 e. The van der Waals surface area contributed by atoms with E-state index in [0.717, 1.165) is 54.6 Å². The Kier molecular flexibility index (Phi) is 10.7. The molecule has 1 aromatic carbocycles. The Morgan fingerprint density at radius 3 is 2.41 bits per heavy atom. The standard InChI is InChI=1S/C23H36N6O2.HI/c1-16(2)31-21-12-8-19(9-13-21)26-23(25-15-22-28-27-17(3)29(22)4)24-14-18-6-10-20(30-5)11-7-18;/h6-7,10-11,16,19,21H,8-9,12-15H2,1-5H3,(H2,24,25,26);1H. The minimum atomic E-state index is 0. The number of nitrogens with one attached hydrogen (secondary N) is 2. The summed E-state index contributed by atoms with van der Waals surface area (Å²) in [5, 5.41) is 15.4. The molecule has 0 amide bonds. The van der Waals surface area contributed by atoms with Gasteiger partial charge in [0.05, 0.1) is 32.4 Å². The second kappa shape index (κ2) is 13.0. The molecule has 2 N–H and O–H groups in total. The van der Waals surface area contributed by atoms with E-state index in [-0.39, 0.29) is 30.1 Å². The van der Waals surface area contributed by atoms with Crippen LogP contribution in [0.25, 0.3) is 0 Å². The van der Waals surface area contributed by atoms with Crippen LogP contribution in [0.5, 0.6) is 5.75 Å². The molecule has 9 heteroatoms. The first-order chi connectivity index (χ1) is 14.9. The highest BCUT2D eigenvalue weighted by Gasteiger charge is 2.23. The number of benzene rings is 1. The van der Waals surface area contributed by atoms with Crippen molar-refractivity contribution in [3.8, 4) is 5.75 Å². The van der Waals surface area contributed by atoms with E-state index in [1.54, 1.807) is 7.11 Å². The number of aryl methyl sites for hydroxylation is 1. The lowest BCUT2D eigenvalue weighted by atomic mass is 9.93. The summed E-state index contributed by atoms with van der Waals surface area (Å²) >= 11 is 0. The van der Waals surface area contributed by atoms with E-state index in [1.165, 1.54) is 0 Å². The van der Waals surface area contributed by atoms with Crippen molar-refractivity contribution < 1.29 is 9.47 Å². The Labute approximate surface area is 208 Å². The van der Waals surface area contributed by atoms with E-state index in [2.05, 4.69) is 34.7 Å². The van der Waals surface area contributed by atoms with Gasteiger partial charge >= 0.3 is 0 Å². The van der Waals surface area contributed by atoms with E-state index in [4.69, 9.17) is 14.5 Å². The molecule has 1 heterocycles. The maximum atomic E-state index is 5.99. The molecule has 0 unspecified atom stereocenters. The number of nitrogens with zero attached hydrogens (tertiary/aromatic N) is 4. The van der Waals surface area contributed by atoms with Gasteiger partial charge in [0.15, 0.2) is 11.8 Å². The molecule has 0 aliphatic heterocycles. The zero-order chi connectivity index (χ0) is 22.2. The minimum absolute atomic E-state index is 0. The lowest BCUT2D eigenvalue weighted by Gasteiger charge is -2.31. The van der Waals surface area contributed by atoms with Crippen LogP contribution >= 0.6 is 24.0 Å². The third-order valence-corrected chi connectivity index (χ3v) is 5.66. The quantitative estimate of drug-likeness (QED) is 0.293. The molecule has 178 valence electrons. The summed E-state index contributed by atoms with van der Waals surface area (Å²) in [4.78, 5) is 4.83. The fraction of sp³-hybridized carbons (Fsp3) is 0.609. The molecule has 32 heavy (non-hydrogen) atoms. The normalized spacial score (nSPS) is 18.9. The van der Waals surface area contributed by atoms with Crippen LogP contribution in [-0.4, -0.2) is 46.1 Å². The topological polar surface area (TPSA) is 85.6 Å². The summed E-state index contributed by atoms with van der Waals surface area (Å²) in [6.45, 7) is 7.31. The molecule has 1 saturated carbocycles. The summed E-state index contributed by atoms with van der Waals surface area (Å²) in [6.07, 6.45) is 4.95. The molecule has 0 spiro atoms. The van der Waals surface area contributed by atoms with Gasteiger partial charge in [0.25, 0.3) is 0 Å². The maximum Gasteiger partial charge on any atom is 0.192 e. The molecule has 0 atom stereocenters. The predicted octanol–water partition coefficient (Wildman–Crippen LogP) is 3.72. The zero-order valence-corrected chi connectivity index (χ0v) is 22.1. The molecular weight excluding hydrogens is 519 g/mol. The number of guanidine groups is 1. The molecule has 1 fully saturated rings. The second-order valence-electron chi connectivity index (χ2n) is 8.39. The van der Waals surface area contributed by atoms with Gasteiger partial charge in [-0.1, -0.05) is 12.1 Å². The molecule has 8 nitrogen and oxygen atoms in total. The van der Waals surface area contributed by atoms with Crippen LogP contribution < -0.4 is 15.4 Å². The van der Waals surface area contributed by atoms with Crippen LogP contribution in [0.1, 0.15) is 56.7 Å². The fourth-order valence-electron chi connectivity index (χ4n) is 3.74. The van der Waals surface area contributed by atoms with Gasteiger partial charge in [-0.2, -0.15) is 0 Å². The van der Waals surface area contributed by atoms with Crippen molar-refractivity contribution in [2.75, 3.05) is 7.11 Å². The lowest BCUT2D eigenvalue weighted by Crippen LogP contribution is -2.45. The van der Waals surface area contributed by atoms with E-state index in [1.807, 2.05) is 42.8 Å². The van der Waals surface area contributed by atoms with Gasteiger partial charge < -0.3 is 24.7 Å². The second-order valence-corrected chi connectivity index (χ2v) is 8.39. The van der Waals surface area contributed by atoms with Gasteiger partial charge in [-0.25, -0.2) is 4.99 Å². The van der Waals surface area contributed by atoms with Crippen molar-refractivity contribution in [2.45, 2.75) is 77.8 Å². The number of rotatable bonds is 8. The zero-order valence-electron chi connectivity index (χ0n) is 19.8. The largest absolute Gasteiger partial charge is 0.497 e. The Bertz CT molecular complexity index is 845. The number of hydrogen-bond acceptors (Lipinski definition) is 5. The molecular formula is C23H37IN6O2. The third-order valence-electron chi connectivity index (χ3n) is 5.66. The van der Waals surface area contributed by atoms with E-state index in [9.17, 15) is 0 Å². The first kappa shape index (κ1) is 26.4. The van der Waals surface area contributed by atoms with Crippen molar-refractivity contribution in [3.63, 3.8) is 0 Å². The number of methoxy groups -OCH3 is 1. The number of aromatic nitrogens is 3. The molecule has 3 rings (SSSR count). The van der Waals surface area contributed by atoms with Crippen molar-refractivity contribution in [1.29, 1.82) is 0 Å². The summed E-state index contributed by atoms with van der Waals surface area (Å²) < 4.78 is 13.2. The predicted molar refractivity (Wildman–Crippen MR) is 138 cm³/mol. The van der Waals surface area contributed by atoms with E-state index >= 15 is 0 Å². The molecule has 0 radical (unpaired) electrons. The molecule has 0 bridgehead atoms. The van der Waals surface area contributed by atoms with Gasteiger partial charge in [-0.05, 0) is 64.2 Å². The summed E-state index contributed by atoms with van der Waals surface area (Å²) in [6, 6.07) is 8.39. The van der Waals surface area contributed by atoms with Crippen molar-refractivity contribution in [1.82, 2.24) is 25.4 Å². The van der Waals surface area contributed by atoms with E-state index < -0.39 is 0 Å². The average molecular weight is 556 g/mol. The monoisotopic (exact) mass is 556 g/mol. The highest BCUT2D eigenvalue weighted by molar-refractivity contribution is 14.0. The summed E-state index contributed by atoms with van der Waals surface area (Å²) in [5.74, 6) is 3.42. The van der Waals surface area contributed by atoms with Crippen molar-refractivity contribution in [2.24, 2.45) is 12.0 Å². The fourth-order valence-corrected chi connectivity index (χ4v) is 3.74. The first-order valence-electron chi connectivity index (χ1n) is 11.1. The van der Waals surface area contributed by atoms with Gasteiger partial charge in [0, 0.05) is 13.1 Å². The van der Waals surface area contributed by atoms with Gasteiger partial charge in [0.2, 0.25) is 0 Å². The first-order valence-corrected chi connectivity index (χ1v) is 11.1. The number of aliphatic imine (C=N–C) groups is 1. The third kappa shape index (κ3) is 7.91. The Balaban J connectivity index is 0.00000363.